The molecule has 1 heterocycles. The van der Waals surface area contributed by atoms with Crippen molar-refractivity contribution in [2.45, 2.75) is 26.2 Å². The van der Waals surface area contributed by atoms with Crippen LogP contribution >= 0.6 is 0 Å². The van der Waals surface area contributed by atoms with Gasteiger partial charge in [-0.05, 0) is 61.7 Å². The van der Waals surface area contributed by atoms with E-state index < -0.39 is 5.82 Å². The number of amides is 3. The molecule has 6 nitrogen and oxygen atoms in total. The standard InChI is InChI=1S/C23H26FN3O3/c1-2-12-25-21(28)17-5-3-7-20(14-17)26-22(29)18-6-4-13-27(15-18)23(30)16-8-10-19(24)11-9-16/h3,5,7-11,14,18H,2,4,6,12-13,15H2,1H3,(H,25,28)(H,26,29). The predicted molar refractivity (Wildman–Crippen MR) is 113 cm³/mol. The molecule has 1 atom stereocenters. The van der Waals surface area contributed by atoms with Gasteiger partial charge in [0.25, 0.3) is 11.8 Å². The number of benzene rings is 2. The van der Waals surface area contributed by atoms with Gasteiger partial charge in [-0.1, -0.05) is 13.0 Å². The second-order valence-electron chi connectivity index (χ2n) is 7.42. The third-order valence-corrected chi connectivity index (χ3v) is 5.10. The zero-order valence-electron chi connectivity index (χ0n) is 17.0. The van der Waals surface area contributed by atoms with Gasteiger partial charge in [0.2, 0.25) is 5.91 Å². The average molecular weight is 411 g/mol. The molecule has 2 N–H and O–H groups in total. The summed E-state index contributed by atoms with van der Waals surface area (Å²) in [5, 5.41) is 5.67. The largest absolute Gasteiger partial charge is 0.352 e. The van der Waals surface area contributed by atoms with E-state index in [9.17, 15) is 18.8 Å². The summed E-state index contributed by atoms with van der Waals surface area (Å²) < 4.78 is 13.1. The van der Waals surface area contributed by atoms with Crippen molar-refractivity contribution in [3.05, 3.63) is 65.5 Å². The highest BCUT2D eigenvalue weighted by atomic mass is 19.1. The Labute approximate surface area is 175 Å². The molecule has 158 valence electrons. The van der Waals surface area contributed by atoms with Crippen LogP contribution in [0.1, 0.15) is 46.9 Å². The van der Waals surface area contributed by atoms with E-state index in [1.165, 1.54) is 24.3 Å². The van der Waals surface area contributed by atoms with Gasteiger partial charge in [-0.25, -0.2) is 4.39 Å². The first-order valence-corrected chi connectivity index (χ1v) is 10.2. The van der Waals surface area contributed by atoms with E-state index in [1.54, 1.807) is 29.2 Å². The molecule has 1 fully saturated rings. The minimum absolute atomic E-state index is 0.179. The fourth-order valence-electron chi connectivity index (χ4n) is 3.47. The smallest absolute Gasteiger partial charge is 0.253 e. The lowest BCUT2D eigenvalue weighted by atomic mass is 9.96. The Balaban J connectivity index is 1.62. The summed E-state index contributed by atoms with van der Waals surface area (Å²) >= 11 is 0. The highest BCUT2D eigenvalue weighted by Gasteiger charge is 2.29. The van der Waals surface area contributed by atoms with Crippen molar-refractivity contribution < 1.29 is 18.8 Å². The lowest BCUT2D eigenvalue weighted by Gasteiger charge is -2.32. The third kappa shape index (κ3) is 5.43. The number of anilines is 1. The summed E-state index contributed by atoms with van der Waals surface area (Å²) in [5.41, 5.74) is 1.44. The van der Waals surface area contributed by atoms with Crippen molar-refractivity contribution in [3.63, 3.8) is 0 Å². The SMILES string of the molecule is CCCNC(=O)c1cccc(NC(=O)C2CCCN(C(=O)c3ccc(F)cc3)C2)c1. The number of halogens is 1. The monoisotopic (exact) mass is 411 g/mol. The van der Waals surface area contributed by atoms with E-state index in [-0.39, 0.29) is 23.6 Å². The maximum Gasteiger partial charge on any atom is 0.253 e. The molecule has 0 spiro atoms. The Morgan fingerprint density at radius 2 is 1.87 bits per heavy atom. The Morgan fingerprint density at radius 1 is 1.10 bits per heavy atom. The van der Waals surface area contributed by atoms with Crippen LogP contribution in [-0.4, -0.2) is 42.3 Å². The first-order chi connectivity index (χ1) is 14.5. The number of nitrogens with one attached hydrogen (secondary N) is 2. The number of hydrogen-bond donors (Lipinski definition) is 2. The number of likely N-dealkylation sites (tertiary alicyclic amines) is 1. The van der Waals surface area contributed by atoms with E-state index in [0.29, 0.717) is 49.3 Å². The minimum Gasteiger partial charge on any atom is -0.352 e. The summed E-state index contributed by atoms with van der Waals surface area (Å²) in [6.07, 6.45) is 2.23. The molecule has 0 bridgehead atoms. The molecule has 1 unspecified atom stereocenters. The van der Waals surface area contributed by atoms with Crippen molar-refractivity contribution in [1.29, 1.82) is 0 Å². The molecule has 3 rings (SSSR count). The minimum atomic E-state index is -0.395. The second-order valence-corrected chi connectivity index (χ2v) is 7.42. The fourth-order valence-corrected chi connectivity index (χ4v) is 3.47. The van der Waals surface area contributed by atoms with Crippen LogP contribution in [0.3, 0.4) is 0 Å². The van der Waals surface area contributed by atoms with Crippen LogP contribution in [0.15, 0.2) is 48.5 Å². The summed E-state index contributed by atoms with van der Waals surface area (Å²) in [7, 11) is 0. The van der Waals surface area contributed by atoms with Gasteiger partial charge in [0.05, 0.1) is 5.92 Å². The second kappa shape index (κ2) is 10.0. The van der Waals surface area contributed by atoms with Crippen molar-refractivity contribution in [2.24, 2.45) is 5.92 Å². The first kappa shape index (κ1) is 21.5. The van der Waals surface area contributed by atoms with Gasteiger partial charge in [-0.2, -0.15) is 0 Å². The van der Waals surface area contributed by atoms with Crippen LogP contribution in [0, 0.1) is 11.7 Å². The molecular weight excluding hydrogens is 385 g/mol. The average Bonchev–Trinajstić information content (AvgIpc) is 2.77. The Bertz CT molecular complexity index is 914. The van der Waals surface area contributed by atoms with Crippen molar-refractivity contribution in [1.82, 2.24) is 10.2 Å². The van der Waals surface area contributed by atoms with Gasteiger partial charge >= 0.3 is 0 Å². The molecule has 3 amide bonds. The zero-order chi connectivity index (χ0) is 21.5. The lowest BCUT2D eigenvalue weighted by Crippen LogP contribution is -2.43. The summed E-state index contributed by atoms with van der Waals surface area (Å²) in [6.45, 7) is 3.44. The van der Waals surface area contributed by atoms with Crippen LogP contribution in [0.4, 0.5) is 10.1 Å². The van der Waals surface area contributed by atoms with E-state index in [1.807, 2.05) is 6.92 Å². The van der Waals surface area contributed by atoms with Crippen LogP contribution < -0.4 is 10.6 Å². The summed E-state index contributed by atoms with van der Waals surface area (Å²) in [6, 6.07) is 12.2. The topological polar surface area (TPSA) is 78.5 Å². The molecule has 7 heteroatoms. The van der Waals surface area contributed by atoms with Gasteiger partial charge in [0.15, 0.2) is 0 Å². The zero-order valence-corrected chi connectivity index (χ0v) is 17.0. The van der Waals surface area contributed by atoms with Gasteiger partial charge in [-0.15, -0.1) is 0 Å². The molecule has 0 aliphatic carbocycles. The number of hydrogen-bond acceptors (Lipinski definition) is 3. The Hall–Kier alpha value is -3.22. The van der Waals surface area contributed by atoms with Crippen molar-refractivity contribution in [3.8, 4) is 0 Å². The lowest BCUT2D eigenvalue weighted by molar-refractivity contribution is -0.121. The van der Waals surface area contributed by atoms with Crippen LogP contribution in [0.5, 0.6) is 0 Å². The van der Waals surface area contributed by atoms with Crippen LogP contribution in [0.25, 0.3) is 0 Å². The number of nitrogens with zero attached hydrogens (tertiary/aromatic N) is 1. The quantitative estimate of drug-likeness (QED) is 0.764. The molecule has 1 aliphatic heterocycles. The molecule has 2 aromatic rings. The summed E-state index contributed by atoms with van der Waals surface area (Å²) in [4.78, 5) is 39.2. The van der Waals surface area contributed by atoms with Crippen molar-refractivity contribution in [2.75, 3.05) is 25.0 Å². The van der Waals surface area contributed by atoms with E-state index in [0.717, 1.165) is 6.42 Å². The first-order valence-electron chi connectivity index (χ1n) is 10.2. The number of carbonyl (C=O) groups is 3. The van der Waals surface area contributed by atoms with Gasteiger partial charge in [0, 0.05) is 36.4 Å². The summed E-state index contributed by atoms with van der Waals surface area (Å²) in [5.74, 6) is -1.31. The number of rotatable bonds is 6. The number of carbonyl (C=O) groups excluding carboxylic acids is 3. The molecule has 1 saturated heterocycles. The van der Waals surface area contributed by atoms with Crippen molar-refractivity contribution >= 4 is 23.4 Å². The highest BCUT2D eigenvalue weighted by Crippen LogP contribution is 2.21. The van der Waals surface area contributed by atoms with E-state index in [4.69, 9.17) is 0 Å². The Kier molecular flexibility index (Phi) is 7.17. The molecule has 0 radical (unpaired) electrons. The fraction of sp³-hybridized carbons (Fsp3) is 0.348. The maximum atomic E-state index is 13.1. The van der Waals surface area contributed by atoms with Gasteiger partial charge in [-0.3, -0.25) is 14.4 Å². The maximum absolute atomic E-state index is 13.1. The third-order valence-electron chi connectivity index (χ3n) is 5.10. The van der Waals surface area contributed by atoms with Crippen LogP contribution in [-0.2, 0) is 4.79 Å². The van der Waals surface area contributed by atoms with Gasteiger partial charge in [0.1, 0.15) is 5.82 Å². The van der Waals surface area contributed by atoms with E-state index >= 15 is 0 Å². The number of piperidine rings is 1. The molecule has 1 aliphatic rings. The van der Waals surface area contributed by atoms with Gasteiger partial charge < -0.3 is 15.5 Å². The predicted octanol–water partition coefficient (Wildman–Crippen LogP) is 3.46. The molecule has 0 saturated carbocycles. The molecule has 0 aromatic heterocycles. The molecular formula is C23H26FN3O3. The molecule has 2 aromatic carbocycles. The highest BCUT2D eigenvalue weighted by molar-refractivity contribution is 5.98. The molecule has 30 heavy (non-hydrogen) atoms. The van der Waals surface area contributed by atoms with Crippen LogP contribution in [0.2, 0.25) is 0 Å². The van der Waals surface area contributed by atoms with E-state index in [2.05, 4.69) is 10.6 Å². The Morgan fingerprint density at radius 3 is 2.60 bits per heavy atom. The normalized spacial score (nSPS) is 16.1.